The maximum absolute atomic E-state index is 11.3. The Balaban J connectivity index is 1.64. The monoisotopic (exact) mass is 358 g/mol. The van der Waals surface area contributed by atoms with Gasteiger partial charge in [0.05, 0.1) is 12.8 Å². The maximum Gasteiger partial charge on any atom is 0.229 e. The molecule has 0 radical (unpaired) electrons. The van der Waals surface area contributed by atoms with E-state index in [-0.39, 0.29) is 0 Å². The number of sulfonamides is 1. The van der Waals surface area contributed by atoms with Crippen LogP contribution in [0.5, 0.6) is 0 Å². The van der Waals surface area contributed by atoms with Gasteiger partial charge in [0.15, 0.2) is 5.96 Å². The van der Waals surface area contributed by atoms with Crippen LogP contribution in [-0.4, -0.2) is 20.6 Å². The topological polar surface area (TPSA) is 96.6 Å². The van der Waals surface area contributed by atoms with Crippen molar-refractivity contribution in [2.24, 2.45) is 10.7 Å². The van der Waals surface area contributed by atoms with Crippen LogP contribution in [0.25, 0.3) is 0 Å². The van der Waals surface area contributed by atoms with Gasteiger partial charge in [-0.2, -0.15) is 0 Å². The van der Waals surface area contributed by atoms with Crippen LogP contribution in [0.1, 0.15) is 23.1 Å². The van der Waals surface area contributed by atoms with E-state index in [9.17, 15) is 8.42 Å². The fourth-order valence-corrected chi connectivity index (χ4v) is 3.52. The van der Waals surface area contributed by atoms with E-state index in [1.54, 1.807) is 18.2 Å². The van der Waals surface area contributed by atoms with Crippen LogP contribution in [0.4, 0.5) is 11.4 Å². The number of nitrogens with one attached hydrogen (secondary N) is 2. The van der Waals surface area contributed by atoms with E-state index in [1.807, 2.05) is 12.1 Å². The summed E-state index contributed by atoms with van der Waals surface area (Å²) >= 11 is 0. The molecule has 0 spiro atoms. The van der Waals surface area contributed by atoms with Gasteiger partial charge >= 0.3 is 0 Å². The van der Waals surface area contributed by atoms with Crippen LogP contribution in [-0.2, 0) is 29.4 Å². The second kappa shape index (κ2) is 7.14. The average molecular weight is 358 g/mol. The largest absolute Gasteiger partial charge is 0.370 e. The zero-order valence-electron chi connectivity index (χ0n) is 14.1. The number of guanidine groups is 1. The second-order valence-electron chi connectivity index (χ2n) is 6.24. The highest BCUT2D eigenvalue weighted by Gasteiger charge is 2.10. The normalized spacial score (nSPS) is 14.2. The lowest BCUT2D eigenvalue weighted by molar-refractivity contribution is 0.607. The van der Waals surface area contributed by atoms with E-state index in [2.05, 4.69) is 27.2 Å². The van der Waals surface area contributed by atoms with Gasteiger partial charge in [-0.25, -0.2) is 13.4 Å². The van der Waals surface area contributed by atoms with Crippen molar-refractivity contribution in [3.63, 3.8) is 0 Å². The Kier molecular flexibility index (Phi) is 4.94. The molecule has 0 fully saturated rings. The quantitative estimate of drug-likeness (QED) is 0.565. The predicted molar refractivity (Wildman–Crippen MR) is 102 cm³/mol. The molecule has 4 N–H and O–H groups in total. The van der Waals surface area contributed by atoms with Crippen LogP contribution in [0.3, 0.4) is 0 Å². The van der Waals surface area contributed by atoms with Crippen molar-refractivity contribution in [3.05, 3.63) is 59.2 Å². The summed E-state index contributed by atoms with van der Waals surface area (Å²) in [5.41, 5.74) is 11.1. The molecule has 0 saturated carbocycles. The first kappa shape index (κ1) is 17.3. The Bertz CT molecular complexity index is 907. The van der Waals surface area contributed by atoms with E-state index in [0.29, 0.717) is 18.2 Å². The minimum Gasteiger partial charge on any atom is -0.370 e. The zero-order chi connectivity index (χ0) is 17.9. The molecule has 25 heavy (non-hydrogen) atoms. The Labute approximate surface area is 148 Å². The molecule has 1 aliphatic rings. The highest BCUT2D eigenvalue weighted by Crippen LogP contribution is 2.24. The number of nitrogens with two attached hydrogens (primary N) is 1. The maximum atomic E-state index is 11.3. The van der Waals surface area contributed by atoms with Gasteiger partial charge in [-0.1, -0.05) is 18.2 Å². The molecule has 0 aliphatic heterocycles. The summed E-state index contributed by atoms with van der Waals surface area (Å²) in [4.78, 5) is 4.33. The SMILES string of the molecule is CS(=O)(=O)Nc1cccc(CN=C(N)Nc2ccc3c(c2)CCC3)c1. The summed E-state index contributed by atoms with van der Waals surface area (Å²) in [6.45, 7) is 0.364. The van der Waals surface area contributed by atoms with Crippen molar-refractivity contribution in [2.75, 3.05) is 16.3 Å². The van der Waals surface area contributed by atoms with Crippen molar-refractivity contribution in [1.29, 1.82) is 0 Å². The highest BCUT2D eigenvalue weighted by atomic mass is 32.2. The molecule has 0 atom stereocenters. The van der Waals surface area contributed by atoms with Gasteiger partial charge in [0.2, 0.25) is 10.0 Å². The first-order valence-electron chi connectivity index (χ1n) is 8.14. The molecule has 7 heteroatoms. The smallest absolute Gasteiger partial charge is 0.229 e. The average Bonchev–Trinajstić information content (AvgIpc) is 2.99. The number of aryl methyl sites for hydroxylation is 2. The summed E-state index contributed by atoms with van der Waals surface area (Å²) in [6, 6.07) is 13.4. The molecule has 2 aromatic rings. The second-order valence-corrected chi connectivity index (χ2v) is 7.99. The van der Waals surface area contributed by atoms with Crippen molar-refractivity contribution < 1.29 is 8.42 Å². The summed E-state index contributed by atoms with van der Waals surface area (Å²) in [7, 11) is -3.29. The van der Waals surface area contributed by atoms with Gasteiger partial charge in [-0.05, 0) is 60.2 Å². The summed E-state index contributed by atoms with van der Waals surface area (Å²) in [5, 5.41) is 3.11. The van der Waals surface area contributed by atoms with E-state index < -0.39 is 10.0 Å². The number of hydrogen-bond acceptors (Lipinski definition) is 3. The van der Waals surface area contributed by atoms with E-state index in [1.165, 1.54) is 17.5 Å². The lowest BCUT2D eigenvalue weighted by Gasteiger charge is -2.08. The lowest BCUT2D eigenvalue weighted by Crippen LogP contribution is -2.22. The number of benzene rings is 2. The Morgan fingerprint density at radius 3 is 2.72 bits per heavy atom. The summed E-state index contributed by atoms with van der Waals surface area (Å²) in [5.74, 6) is 0.333. The third-order valence-electron chi connectivity index (χ3n) is 4.03. The Morgan fingerprint density at radius 1 is 1.12 bits per heavy atom. The van der Waals surface area contributed by atoms with Gasteiger partial charge in [-0.15, -0.1) is 0 Å². The third-order valence-corrected chi connectivity index (χ3v) is 4.64. The molecule has 0 unspecified atom stereocenters. The third kappa shape index (κ3) is 4.96. The fourth-order valence-electron chi connectivity index (χ4n) is 2.96. The lowest BCUT2D eigenvalue weighted by atomic mass is 10.1. The van der Waals surface area contributed by atoms with Crippen molar-refractivity contribution >= 4 is 27.4 Å². The van der Waals surface area contributed by atoms with Crippen LogP contribution in [0, 0.1) is 0 Å². The van der Waals surface area contributed by atoms with E-state index in [0.717, 1.165) is 30.3 Å². The predicted octanol–water partition coefficient (Wildman–Crippen LogP) is 2.47. The molecule has 2 aromatic carbocycles. The van der Waals surface area contributed by atoms with Crippen molar-refractivity contribution in [1.82, 2.24) is 0 Å². The molecule has 132 valence electrons. The standard InChI is InChI=1S/C18H22N4O2S/c1-25(23,24)22-17-7-2-4-13(10-17)12-20-18(19)21-16-9-8-14-5-3-6-15(14)11-16/h2,4,7-11,22H,3,5-6,12H2,1H3,(H3,19,20,21). The first-order valence-corrected chi connectivity index (χ1v) is 10.0. The van der Waals surface area contributed by atoms with Crippen molar-refractivity contribution in [3.8, 4) is 0 Å². The molecule has 1 aliphatic carbocycles. The van der Waals surface area contributed by atoms with Crippen LogP contribution in [0.2, 0.25) is 0 Å². The number of rotatable bonds is 5. The Hall–Kier alpha value is -2.54. The van der Waals surface area contributed by atoms with Crippen LogP contribution in [0.15, 0.2) is 47.5 Å². The number of aliphatic imine (C=N–C) groups is 1. The molecule has 3 rings (SSSR count). The number of anilines is 2. The summed E-state index contributed by atoms with van der Waals surface area (Å²) in [6.07, 6.45) is 4.59. The molecule has 0 amide bonds. The first-order chi connectivity index (χ1) is 11.9. The number of fused-ring (bicyclic) bond motifs is 1. The van der Waals surface area contributed by atoms with Gasteiger partial charge in [0, 0.05) is 11.4 Å². The van der Waals surface area contributed by atoms with Gasteiger partial charge in [0.25, 0.3) is 0 Å². The van der Waals surface area contributed by atoms with Gasteiger partial charge < -0.3 is 11.1 Å². The molecule has 0 aromatic heterocycles. The molecule has 6 nitrogen and oxygen atoms in total. The molecule has 0 heterocycles. The Morgan fingerprint density at radius 2 is 1.92 bits per heavy atom. The minimum absolute atomic E-state index is 0.333. The van der Waals surface area contributed by atoms with Gasteiger partial charge in [0.1, 0.15) is 0 Å². The fraction of sp³-hybridized carbons (Fsp3) is 0.278. The minimum atomic E-state index is -3.29. The van der Waals surface area contributed by atoms with Gasteiger partial charge in [-0.3, -0.25) is 4.72 Å². The van der Waals surface area contributed by atoms with E-state index in [4.69, 9.17) is 5.73 Å². The number of hydrogen-bond donors (Lipinski definition) is 3. The molecule has 0 saturated heterocycles. The van der Waals surface area contributed by atoms with Crippen molar-refractivity contribution in [2.45, 2.75) is 25.8 Å². The molecule has 0 bridgehead atoms. The zero-order valence-corrected chi connectivity index (χ0v) is 14.9. The highest BCUT2D eigenvalue weighted by molar-refractivity contribution is 7.92. The number of nitrogens with zero attached hydrogens (tertiary/aromatic N) is 1. The molecular weight excluding hydrogens is 336 g/mol. The van der Waals surface area contributed by atoms with Crippen LogP contribution >= 0.6 is 0 Å². The summed E-state index contributed by atoms with van der Waals surface area (Å²) < 4.78 is 25.0. The molecular formula is C18H22N4O2S. The van der Waals surface area contributed by atoms with Crippen LogP contribution < -0.4 is 15.8 Å². The van der Waals surface area contributed by atoms with E-state index >= 15 is 0 Å².